The van der Waals surface area contributed by atoms with Crippen LogP contribution in [-0.4, -0.2) is 58.4 Å². The minimum absolute atomic E-state index is 0.0371. The molecule has 0 saturated carbocycles. The number of piperazine rings is 1. The molecule has 1 aliphatic heterocycles. The number of nitrogen functional groups attached to an aromatic ring is 1. The van der Waals surface area contributed by atoms with E-state index in [1.807, 2.05) is 31.5 Å². The smallest absolute Gasteiger partial charge is 0.128 e. The molecule has 0 bridgehead atoms. The Balaban J connectivity index is 1.53. The topological polar surface area (TPSA) is 103 Å². The van der Waals surface area contributed by atoms with Crippen LogP contribution in [-0.2, 0) is 0 Å². The normalized spacial score (nSPS) is 16.2. The van der Waals surface area contributed by atoms with Crippen molar-refractivity contribution >= 4 is 34.0 Å². The van der Waals surface area contributed by atoms with Gasteiger partial charge in [-0.2, -0.15) is 0 Å². The predicted octanol–water partition coefficient (Wildman–Crippen LogP) is 3.29. The molecule has 0 amide bonds. The fraction of sp³-hybridized carbons (Fsp3) is 0.458. The monoisotopic (exact) mass is 435 g/mol. The van der Waals surface area contributed by atoms with E-state index in [1.165, 1.54) is 0 Å². The first kappa shape index (κ1) is 22.1. The predicted molar refractivity (Wildman–Crippen MR) is 131 cm³/mol. The zero-order valence-electron chi connectivity index (χ0n) is 19.0. The van der Waals surface area contributed by atoms with Crippen molar-refractivity contribution in [3.8, 4) is 0 Å². The third kappa shape index (κ3) is 4.85. The van der Waals surface area contributed by atoms with Gasteiger partial charge in [-0.25, -0.2) is 9.97 Å². The van der Waals surface area contributed by atoms with E-state index >= 15 is 0 Å². The summed E-state index contributed by atoms with van der Waals surface area (Å²) in [5.41, 5.74) is 9.07. The Kier molecular flexibility index (Phi) is 6.60. The lowest BCUT2D eigenvalue weighted by Crippen LogP contribution is -2.46. The number of unbranched alkanes of at least 4 members (excludes halogenated alkanes) is 1. The lowest BCUT2D eigenvalue weighted by Gasteiger charge is -2.36. The van der Waals surface area contributed by atoms with E-state index in [2.05, 4.69) is 44.1 Å². The summed E-state index contributed by atoms with van der Waals surface area (Å²) in [6.45, 7) is 7.79. The maximum Gasteiger partial charge on any atom is 0.128 e. The average Bonchev–Trinajstić information content (AvgIpc) is 2.83. The van der Waals surface area contributed by atoms with E-state index in [9.17, 15) is 5.11 Å². The molecule has 1 fully saturated rings. The van der Waals surface area contributed by atoms with Crippen LogP contribution in [0.4, 0.5) is 23.0 Å². The number of hydrogen-bond acceptors (Lipinski definition) is 8. The van der Waals surface area contributed by atoms with Crippen LogP contribution in [0.25, 0.3) is 11.0 Å². The SMILES string of the molecule is CCCC[C@](C)(CO)Nc1cc(N)nc2cc(N3CCN(c4ccccn4)CC3)cnc12. The number of aromatic nitrogens is 3. The van der Waals surface area contributed by atoms with E-state index < -0.39 is 5.54 Å². The summed E-state index contributed by atoms with van der Waals surface area (Å²) in [4.78, 5) is 18.4. The van der Waals surface area contributed by atoms with Gasteiger partial charge in [0.05, 0.1) is 35.2 Å². The number of fused-ring (bicyclic) bond motifs is 1. The van der Waals surface area contributed by atoms with Gasteiger partial charge in [0, 0.05) is 38.4 Å². The molecule has 3 aromatic rings. The van der Waals surface area contributed by atoms with Crippen LogP contribution >= 0.6 is 0 Å². The van der Waals surface area contributed by atoms with Crippen LogP contribution in [0.5, 0.6) is 0 Å². The number of aliphatic hydroxyl groups is 1. The quantitative estimate of drug-likeness (QED) is 0.495. The van der Waals surface area contributed by atoms with Gasteiger partial charge in [0.25, 0.3) is 0 Å². The van der Waals surface area contributed by atoms with Gasteiger partial charge in [-0.05, 0) is 31.5 Å². The Hall–Kier alpha value is -3.13. The minimum Gasteiger partial charge on any atom is -0.394 e. The Labute approximate surface area is 189 Å². The first-order chi connectivity index (χ1) is 15.5. The Morgan fingerprint density at radius 2 is 1.91 bits per heavy atom. The molecule has 0 aliphatic carbocycles. The Morgan fingerprint density at radius 3 is 2.59 bits per heavy atom. The molecule has 4 rings (SSSR count). The van der Waals surface area contributed by atoms with Gasteiger partial charge >= 0.3 is 0 Å². The average molecular weight is 436 g/mol. The maximum atomic E-state index is 9.99. The molecule has 4 N–H and O–H groups in total. The van der Waals surface area contributed by atoms with Crippen LogP contribution in [0, 0.1) is 0 Å². The van der Waals surface area contributed by atoms with Gasteiger partial charge < -0.3 is 26.0 Å². The van der Waals surface area contributed by atoms with Crippen molar-refractivity contribution in [2.45, 2.75) is 38.6 Å². The molecule has 1 atom stereocenters. The molecule has 1 saturated heterocycles. The molecule has 170 valence electrons. The molecule has 0 unspecified atom stereocenters. The highest BCUT2D eigenvalue weighted by molar-refractivity contribution is 5.91. The summed E-state index contributed by atoms with van der Waals surface area (Å²) in [6, 6.07) is 9.88. The van der Waals surface area contributed by atoms with E-state index in [0.717, 1.165) is 73.7 Å². The second kappa shape index (κ2) is 9.56. The zero-order chi connectivity index (χ0) is 22.6. The van der Waals surface area contributed by atoms with Gasteiger partial charge in [-0.3, -0.25) is 4.98 Å². The molecule has 4 heterocycles. The van der Waals surface area contributed by atoms with E-state index in [0.29, 0.717) is 5.82 Å². The van der Waals surface area contributed by atoms with Crippen molar-refractivity contribution in [3.63, 3.8) is 0 Å². The van der Waals surface area contributed by atoms with Crippen molar-refractivity contribution in [2.24, 2.45) is 0 Å². The summed E-state index contributed by atoms with van der Waals surface area (Å²) < 4.78 is 0. The zero-order valence-corrected chi connectivity index (χ0v) is 19.0. The summed E-state index contributed by atoms with van der Waals surface area (Å²) in [7, 11) is 0. The second-order valence-electron chi connectivity index (χ2n) is 8.77. The first-order valence-electron chi connectivity index (χ1n) is 11.4. The van der Waals surface area contributed by atoms with Crippen LogP contribution in [0.1, 0.15) is 33.1 Å². The van der Waals surface area contributed by atoms with Gasteiger partial charge in [-0.1, -0.05) is 25.8 Å². The Morgan fingerprint density at radius 1 is 1.12 bits per heavy atom. The summed E-state index contributed by atoms with van der Waals surface area (Å²) >= 11 is 0. The minimum atomic E-state index is -0.432. The highest BCUT2D eigenvalue weighted by Gasteiger charge is 2.24. The van der Waals surface area contributed by atoms with Crippen molar-refractivity contribution < 1.29 is 5.11 Å². The van der Waals surface area contributed by atoms with E-state index in [-0.39, 0.29) is 6.61 Å². The fourth-order valence-corrected chi connectivity index (χ4v) is 4.20. The van der Waals surface area contributed by atoms with Crippen LogP contribution in [0.2, 0.25) is 0 Å². The van der Waals surface area contributed by atoms with Crippen LogP contribution in [0.15, 0.2) is 42.7 Å². The maximum absolute atomic E-state index is 9.99. The molecule has 8 nitrogen and oxygen atoms in total. The first-order valence-corrected chi connectivity index (χ1v) is 11.4. The number of nitrogens with zero attached hydrogens (tertiary/aromatic N) is 5. The van der Waals surface area contributed by atoms with Crippen molar-refractivity contribution in [3.05, 3.63) is 42.7 Å². The number of aliphatic hydroxyl groups excluding tert-OH is 1. The van der Waals surface area contributed by atoms with E-state index in [4.69, 9.17) is 10.7 Å². The Bertz CT molecular complexity index is 1040. The van der Waals surface area contributed by atoms with Crippen molar-refractivity contribution in [1.29, 1.82) is 0 Å². The number of nitrogens with two attached hydrogens (primary N) is 1. The van der Waals surface area contributed by atoms with Crippen molar-refractivity contribution in [2.75, 3.05) is 53.6 Å². The molecule has 8 heteroatoms. The van der Waals surface area contributed by atoms with Crippen LogP contribution in [0.3, 0.4) is 0 Å². The number of pyridine rings is 3. The molecule has 0 radical (unpaired) electrons. The molecule has 3 aromatic heterocycles. The standard InChI is InChI=1S/C24H33N7O/c1-3-4-8-24(2,17-32)29-20-15-21(25)28-19-14-18(16-27-23(19)20)30-10-12-31(13-11-30)22-7-5-6-9-26-22/h5-7,9,14-16,32H,3-4,8,10-13,17H2,1-2H3,(H3,25,28,29)/t24-/m1/s1. The van der Waals surface area contributed by atoms with Gasteiger partial charge in [0.15, 0.2) is 0 Å². The van der Waals surface area contributed by atoms with Gasteiger partial charge in [-0.15, -0.1) is 0 Å². The number of nitrogens with one attached hydrogen (secondary N) is 1. The molecular formula is C24H33N7O. The summed E-state index contributed by atoms with van der Waals surface area (Å²) in [6.07, 6.45) is 6.71. The van der Waals surface area contributed by atoms with E-state index in [1.54, 1.807) is 6.07 Å². The fourth-order valence-electron chi connectivity index (χ4n) is 4.20. The van der Waals surface area contributed by atoms with Crippen LogP contribution < -0.4 is 20.9 Å². The lowest BCUT2D eigenvalue weighted by atomic mass is 9.95. The number of anilines is 4. The molecular weight excluding hydrogens is 402 g/mol. The highest BCUT2D eigenvalue weighted by Crippen LogP contribution is 2.30. The number of hydrogen-bond donors (Lipinski definition) is 3. The largest absolute Gasteiger partial charge is 0.394 e. The molecule has 32 heavy (non-hydrogen) atoms. The molecule has 1 aliphatic rings. The van der Waals surface area contributed by atoms with Gasteiger partial charge in [0.2, 0.25) is 0 Å². The lowest BCUT2D eigenvalue weighted by molar-refractivity contribution is 0.212. The van der Waals surface area contributed by atoms with Gasteiger partial charge in [0.1, 0.15) is 17.2 Å². The van der Waals surface area contributed by atoms with Crippen molar-refractivity contribution in [1.82, 2.24) is 15.0 Å². The highest BCUT2D eigenvalue weighted by atomic mass is 16.3. The summed E-state index contributed by atoms with van der Waals surface area (Å²) in [5.74, 6) is 1.46. The molecule has 0 spiro atoms. The summed E-state index contributed by atoms with van der Waals surface area (Å²) in [5, 5.41) is 13.5. The third-order valence-electron chi connectivity index (χ3n) is 6.14. The number of rotatable bonds is 8. The second-order valence-corrected chi connectivity index (χ2v) is 8.77. The molecule has 0 aromatic carbocycles. The third-order valence-corrected chi connectivity index (χ3v) is 6.14.